The number of nitrogens with zero attached hydrogens (tertiary/aromatic N) is 4. The highest BCUT2D eigenvalue weighted by atomic mass is 16.1. The van der Waals surface area contributed by atoms with E-state index in [4.69, 9.17) is 0 Å². The number of hydrogen-bond acceptors (Lipinski definition) is 5. The van der Waals surface area contributed by atoms with Crippen LogP contribution >= 0.6 is 0 Å². The van der Waals surface area contributed by atoms with E-state index in [0.29, 0.717) is 11.1 Å². The lowest BCUT2D eigenvalue weighted by molar-refractivity contribution is 0.104. The molecule has 1 aliphatic carbocycles. The van der Waals surface area contributed by atoms with Crippen molar-refractivity contribution in [2.45, 2.75) is 0 Å². The van der Waals surface area contributed by atoms with E-state index in [1.54, 1.807) is 12.4 Å². The lowest BCUT2D eigenvalue weighted by Crippen LogP contribution is -2.22. The third-order valence-electron chi connectivity index (χ3n) is 4.44. The number of nitrogens with one attached hydrogen (secondary N) is 1. The lowest BCUT2D eigenvalue weighted by Gasteiger charge is -2.19. The van der Waals surface area contributed by atoms with Crippen molar-refractivity contribution in [2.75, 3.05) is 32.5 Å². The first-order valence-electron chi connectivity index (χ1n) is 7.95. The Hall–Kier alpha value is -2.73. The van der Waals surface area contributed by atoms with Gasteiger partial charge in [0.2, 0.25) is 0 Å². The van der Waals surface area contributed by atoms with E-state index in [1.165, 1.54) is 0 Å². The molecule has 6 nitrogen and oxygen atoms in total. The number of likely N-dealkylation sites (N-methyl/N-ethyl adjacent to an activating group) is 1. The van der Waals surface area contributed by atoms with Crippen molar-refractivity contribution in [3.05, 3.63) is 41.7 Å². The largest absolute Gasteiger partial charge is 0.383 e. The second-order valence-electron chi connectivity index (χ2n) is 6.33. The molecule has 0 fully saturated rings. The summed E-state index contributed by atoms with van der Waals surface area (Å²) < 4.78 is 1.83. The van der Waals surface area contributed by atoms with Crippen LogP contribution < -0.4 is 5.32 Å². The molecule has 4 rings (SSSR count). The van der Waals surface area contributed by atoms with Gasteiger partial charge >= 0.3 is 0 Å². The molecule has 3 aromatic rings. The summed E-state index contributed by atoms with van der Waals surface area (Å²) in [6.45, 7) is 1.66. The maximum absolute atomic E-state index is 13.1. The van der Waals surface area contributed by atoms with Gasteiger partial charge < -0.3 is 10.2 Å². The zero-order chi connectivity index (χ0) is 16.8. The molecule has 0 atom stereocenters. The minimum Gasteiger partial charge on any atom is -0.383 e. The molecule has 24 heavy (non-hydrogen) atoms. The molecule has 0 amide bonds. The molecule has 2 heterocycles. The number of pyridine rings is 1. The molecule has 1 aliphatic rings. The van der Waals surface area contributed by atoms with Crippen LogP contribution in [0.3, 0.4) is 0 Å². The Morgan fingerprint density at radius 1 is 1.21 bits per heavy atom. The summed E-state index contributed by atoms with van der Waals surface area (Å²) in [5, 5.41) is 8.97. The van der Waals surface area contributed by atoms with Crippen molar-refractivity contribution in [1.82, 2.24) is 19.7 Å². The molecule has 0 spiro atoms. The van der Waals surface area contributed by atoms with Gasteiger partial charge in [-0.15, -0.1) is 0 Å². The summed E-state index contributed by atoms with van der Waals surface area (Å²) in [5.41, 5.74) is 4.86. The molecule has 0 unspecified atom stereocenters. The van der Waals surface area contributed by atoms with Gasteiger partial charge in [-0.05, 0) is 32.3 Å². The van der Waals surface area contributed by atoms with Crippen LogP contribution in [-0.2, 0) is 7.05 Å². The zero-order valence-electron chi connectivity index (χ0n) is 14.0. The van der Waals surface area contributed by atoms with Gasteiger partial charge in [0.25, 0.3) is 0 Å². The average molecular weight is 321 g/mol. The topological polar surface area (TPSA) is 63.1 Å². The molecule has 0 radical (unpaired) electrons. The molecular formula is C18H19N5O. The fraction of sp³-hybridized carbons (Fsp3) is 0.278. The van der Waals surface area contributed by atoms with Gasteiger partial charge in [-0.2, -0.15) is 5.10 Å². The van der Waals surface area contributed by atoms with Crippen LogP contribution in [0.5, 0.6) is 0 Å². The number of ketones is 1. The van der Waals surface area contributed by atoms with E-state index in [0.717, 1.165) is 40.9 Å². The molecule has 0 saturated carbocycles. The van der Waals surface area contributed by atoms with Crippen LogP contribution in [0.1, 0.15) is 15.9 Å². The van der Waals surface area contributed by atoms with E-state index < -0.39 is 0 Å². The third kappa shape index (κ3) is 2.11. The van der Waals surface area contributed by atoms with Crippen molar-refractivity contribution < 1.29 is 4.79 Å². The van der Waals surface area contributed by atoms with Crippen molar-refractivity contribution in [3.8, 4) is 11.3 Å². The Balaban J connectivity index is 1.92. The number of hydrogen-bond donors (Lipinski definition) is 1. The Kier molecular flexibility index (Phi) is 3.35. The molecule has 1 N–H and O–H groups in total. The number of anilines is 1. The van der Waals surface area contributed by atoms with Crippen LogP contribution in [-0.4, -0.2) is 52.6 Å². The van der Waals surface area contributed by atoms with Crippen molar-refractivity contribution >= 4 is 22.4 Å². The van der Waals surface area contributed by atoms with Crippen molar-refractivity contribution in [1.29, 1.82) is 0 Å². The maximum Gasteiger partial charge on any atom is 0.198 e. The van der Waals surface area contributed by atoms with E-state index >= 15 is 0 Å². The van der Waals surface area contributed by atoms with E-state index in [-0.39, 0.29) is 5.78 Å². The highest BCUT2D eigenvalue weighted by Gasteiger charge is 2.30. The number of carbonyl (C=O) groups is 1. The van der Waals surface area contributed by atoms with E-state index in [9.17, 15) is 4.79 Å². The monoisotopic (exact) mass is 321 g/mol. The Morgan fingerprint density at radius 3 is 2.83 bits per heavy atom. The van der Waals surface area contributed by atoms with Gasteiger partial charge in [-0.3, -0.25) is 14.5 Å². The lowest BCUT2D eigenvalue weighted by atomic mass is 9.87. The van der Waals surface area contributed by atoms with E-state index in [2.05, 4.69) is 20.3 Å². The van der Waals surface area contributed by atoms with Gasteiger partial charge in [0.1, 0.15) is 5.69 Å². The predicted octanol–water partition coefficient (Wildman–Crippen LogP) is 2.15. The second kappa shape index (κ2) is 5.42. The first kappa shape index (κ1) is 14.8. The minimum atomic E-state index is 0.0107. The molecular weight excluding hydrogens is 302 g/mol. The second-order valence-corrected chi connectivity index (χ2v) is 6.33. The summed E-state index contributed by atoms with van der Waals surface area (Å²) in [6, 6.07) is 5.86. The van der Waals surface area contributed by atoms with Crippen LogP contribution in [0.15, 0.2) is 30.6 Å². The maximum atomic E-state index is 13.1. The number of fused-ring (bicyclic) bond motifs is 2. The normalized spacial score (nSPS) is 12.8. The molecule has 2 aromatic heterocycles. The standard InChI is InChI=1S/C18H19N5O/c1-22(2)9-8-20-13-4-5-14-16-15(13)18(24)12-10-19-7-6-11(12)17(16)21-23(14)3/h4-7,10,20H,8-9H2,1-3H3. The highest BCUT2D eigenvalue weighted by molar-refractivity contribution is 6.27. The van der Waals surface area contributed by atoms with Crippen molar-refractivity contribution in [2.24, 2.45) is 7.05 Å². The predicted molar refractivity (Wildman–Crippen MR) is 94.4 cm³/mol. The molecule has 0 saturated heterocycles. The summed E-state index contributed by atoms with van der Waals surface area (Å²) in [5.74, 6) is 0.0107. The zero-order valence-corrected chi connectivity index (χ0v) is 14.0. The molecule has 122 valence electrons. The van der Waals surface area contributed by atoms with Gasteiger partial charge in [0.15, 0.2) is 5.78 Å². The number of aryl methyl sites for hydroxylation is 1. The molecule has 0 aliphatic heterocycles. The van der Waals surface area contributed by atoms with Crippen LogP contribution in [0.2, 0.25) is 0 Å². The minimum absolute atomic E-state index is 0.0107. The Bertz CT molecular complexity index is 957. The van der Waals surface area contributed by atoms with Gasteiger partial charge in [0, 0.05) is 49.2 Å². The fourth-order valence-electron chi connectivity index (χ4n) is 3.26. The average Bonchev–Trinajstić information content (AvgIpc) is 2.90. The van der Waals surface area contributed by atoms with Gasteiger partial charge in [-0.1, -0.05) is 0 Å². The quantitative estimate of drug-likeness (QED) is 0.624. The molecule has 1 aromatic carbocycles. The summed E-state index contributed by atoms with van der Waals surface area (Å²) in [4.78, 5) is 19.3. The fourth-order valence-corrected chi connectivity index (χ4v) is 3.26. The summed E-state index contributed by atoms with van der Waals surface area (Å²) >= 11 is 0. The third-order valence-corrected chi connectivity index (χ3v) is 4.44. The van der Waals surface area contributed by atoms with Crippen LogP contribution in [0.4, 0.5) is 5.69 Å². The summed E-state index contributed by atoms with van der Waals surface area (Å²) in [6.07, 6.45) is 3.34. The number of benzene rings is 1. The van der Waals surface area contributed by atoms with Crippen molar-refractivity contribution in [3.63, 3.8) is 0 Å². The Morgan fingerprint density at radius 2 is 2.04 bits per heavy atom. The smallest absolute Gasteiger partial charge is 0.198 e. The highest BCUT2D eigenvalue weighted by Crippen LogP contribution is 2.41. The number of rotatable bonds is 4. The van der Waals surface area contributed by atoms with Crippen LogP contribution in [0.25, 0.3) is 22.2 Å². The number of carbonyl (C=O) groups excluding carboxylic acids is 1. The first-order chi connectivity index (χ1) is 11.6. The first-order valence-corrected chi connectivity index (χ1v) is 7.95. The van der Waals surface area contributed by atoms with E-state index in [1.807, 2.05) is 44.0 Å². The Labute approximate surface area is 140 Å². The van der Waals surface area contributed by atoms with Gasteiger partial charge in [0.05, 0.1) is 16.6 Å². The number of aromatic nitrogens is 3. The van der Waals surface area contributed by atoms with Gasteiger partial charge in [-0.25, -0.2) is 0 Å². The molecule has 0 bridgehead atoms. The van der Waals surface area contributed by atoms with Crippen LogP contribution in [0, 0.1) is 0 Å². The molecule has 6 heteroatoms. The SMILES string of the molecule is CN(C)CCNc1ccc2c3c(nn2C)-c2ccncc2C(=O)c13. The summed E-state index contributed by atoms with van der Waals surface area (Å²) in [7, 11) is 5.97.